The molecule has 2 heterocycles. The van der Waals surface area contributed by atoms with Gasteiger partial charge >= 0.3 is 0 Å². The van der Waals surface area contributed by atoms with Crippen LogP contribution in [0.1, 0.15) is 28.5 Å². The molecule has 2 N–H and O–H groups in total. The molecule has 1 aromatic heterocycles. The van der Waals surface area contributed by atoms with Gasteiger partial charge in [0.05, 0.1) is 17.1 Å². The first kappa shape index (κ1) is 15.0. The molecule has 7 heteroatoms. The Balaban J connectivity index is 1.81. The molecule has 1 saturated heterocycles. The predicted octanol–water partition coefficient (Wildman–Crippen LogP) is 2.38. The molecule has 0 radical (unpaired) electrons. The normalized spacial score (nSPS) is 22.0. The molecular formula is C15H16ClFN4O. The van der Waals surface area contributed by atoms with E-state index in [0.29, 0.717) is 5.69 Å². The molecular weight excluding hydrogens is 307 g/mol. The van der Waals surface area contributed by atoms with Crippen LogP contribution in [0.15, 0.2) is 30.5 Å². The van der Waals surface area contributed by atoms with Crippen LogP contribution in [0.5, 0.6) is 0 Å². The van der Waals surface area contributed by atoms with E-state index in [1.807, 2.05) is 7.05 Å². The van der Waals surface area contributed by atoms with E-state index in [1.165, 1.54) is 12.3 Å². The van der Waals surface area contributed by atoms with Crippen molar-refractivity contribution in [2.45, 2.75) is 18.5 Å². The van der Waals surface area contributed by atoms with Crippen molar-refractivity contribution in [2.75, 3.05) is 13.6 Å². The van der Waals surface area contributed by atoms with Crippen LogP contribution in [0.4, 0.5) is 4.39 Å². The van der Waals surface area contributed by atoms with Crippen LogP contribution in [0, 0.1) is 5.82 Å². The molecule has 2 aromatic rings. The highest BCUT2D eigenvalue weighted by molar-refractivity contribution is 6.30. The number of hydrogen-bond acceptors (Lipinski definition) is 3. The minimum absolute atomic E-state index is 0.0846. The predicted molar refractivity (Wildman–Crippen MR) is 81.2 cm³/mol. The Hall–Kier alpha value is -1.92. The number of rotatable bonds is 3. The van der Waals surface area contributed by atoms with E-state index in [9.17, 15) is 9.18 Å². The Morgan fingerprint density at radius 3 is 3.00 bits per heavy atom. The Bertz CT molecular complexity index is 676. The number of nitrogens with one attached hydrogen (secondary N) is 2. The molecule has 116 valence electrons. The third-order valence-corrected chi connectivity index (χ3v) is 4.30. The number of likely N-dealkylation sites (N-methyl/N-ethyl adjacent to an activating group) is 1. The van der Waals surface area contributed by atoms with E-state index < -0.39 is 5.82 Å². The largest absolute Gasteiger partial charge is 0.346 e. The molecule has 2 atom stereocenters. The molecule has 22 heavy (non-hydrogen) atoms. The molecule has 5 nitrogen and oxygen atoms in total. The first-order valence-electron chi connectivity index (χ1n) is 7.01. The maximum Gasteiger partial charge on any atom is 0.269 e. The quantitative estimate of drug-likeness (QED) is 0.912. The molecule has 0 aliphatic carbocycles. The second-order valence-corrected chi connectivity index (χ2v) is 5.85. The zero-order chi connectivity index (χ0) is 15.7. The molecule has 1 aliphatic rings. The minimum atomic E-state index is -0.446. The summed E-state index contributed by atoms with van der Waals surface area (Å²) in [4.78, 5) is 14.3. The lowest BCUT2D eigenvalue weighted by atomic mass is 10.00. The van der Waals surface area contributed by atoms with Crippen LogP contribution >= 0.6 is 11.6 Å². The van der Waals surface area contributed by atoms with Crippen LogP contribution in [-0.2, 0) is 0 Å². The van der Waals surface area contributed by atoms with Crippen molar-refractivity contribution in [3.05, 3.63) is 52.6 Å². The Labute approximate surface area is 132 Å². The van der Waals surface area contributed by atoms with Gasteiger partial charge in [-0.15, -0.1) is 0 Å². The number of aromatic amines is 1. The zero-order valence-corrected chi connectivity index (χ0v) is 12.8. The number of carbonyl (C=O) groups is 1. The second-order valence-electron chi connectivity index (χ2n) is 5.44. The highest BCUT2D eigenvalue weighted by Crippen LogP contribution is 2.32. The topological polar surface area (TPSA) is 61.0 Å². The first-order chi connectivity index (χ1) is 10.6. The van der Waals surface area contributed by atoms with Crippen LogP contribution in [0.2, 0.25) is 5.02 Å². The van der Waals surface area contributed by atoms with Crippen LogP contribution in [0.3, 0.4) is 0 Å². The van der Waals surface area contributed by atoms with Crippen molar-refractivity contribution in [2.24, 2.45) is 0 Å². The molecule has 0 spiro atoms. The number of benzene rings is 1. The van der Waals surface area contributed by atoms with E-state index in [0.717, 1.165) is 18.5 Å². The Kier molecular flexibility index (Phi) is 4.13. The summed E-state index contributed by atoms with van der Waals surface area (Å²) in [5, 5.41) is 9.50. The van der Waals surface area contributed by atoms with Gasteiger partial charge in [0, 0.05) is 12.7 Å². The van der Waals surface area contributed by atoms with Gasteiger partial charge in [0.15, 0.2) is 0 Å². The third kappa shape index (κ3) is 2.84. The van der Waals surface area contributed by atoms with Crippen LogP contribution < -0.4 is 5.32 Å². The first-order valence-corrected chi connectivity index (χ1v) is 7.39. The van der Waals surface area contributed by atoms with E-state index >= 15 is 0 Å². The molecule has 1 amide bonds. The van der Waals surface area contributed by atoms with E-state index in [4.69, 9.17) is 11.6 Å². The van der Waals surface area contributed by atoms with Gasteiger partial charge in [0.1, 0.15) is 11.5 Å². The number of likely N-dealkylation sites (tertiary alicyclic amines) is 1. The smallest absolute Gasteiger partial charge is 0.269 e. The van der Waals surface area contributed by atoms with Gasteiger partial charge in [-0.2, -0.15) is 5.10 Å². The van der Waals surface area contributed by atoms with Crippen molar-refractivity contribution in [3.63, 3.8) is 0 Å². The minimum Gasteiger partial charge on any atom is -0.346 e. The van der Waals surface area contributed by atoms with Crippen molar-refractivity contribution < 1.29 is 9.18 Å². The number of nitrogens with zero attached hydrogens (tertiary/aromatic N) is 2. The number of hydrogen-bond donors (Lipinski definition) is 2. The summed E-state index contributed by atoms with van der Waals surface area (Å²) in [7, 11) is 1.96. The molecule has 3 rings (SSSR count). The number of halogens is 2. The van der Waals surface area contributed by atoms with Gasteiger partial charge in [0.25, 0.3) is 5.91 Å². The van der Waals surface area contributed by atoms with Crippen molar-refractivity contribution in [1.82, 2.24) is 20.4 Å². The number of amides is 1. The molecule has 0 bridgehead atoms. The van der Waals surface area contributed by atoms with Gasteiger partial charge in [-0.3, -0.25) is 14.8 Å². The Morgan fingerprint density at radius 1 is 1.50 bits per heavy atom. The maximum atomic E-state index is 13.7. The fourth-order valence-corrected chi connectivity index (χ4v) is 3.03. The molecule has 1 fully saturated rings. The monoisotopic (exact) mass is 322 g/mol. The fraction of sp³-hybridized carbons (Fsp3) is 0.333. The standard InChI is InChI=1S/C15H16ClFN4O/c1-21-7-5-12(19-15(22)13-4-6-18-20-13)14(21)9-2-3-10(16)11(17)8-9/h2-4,6,8,12,14H,5,7H2,1H3,(H,18,20)(H,19,22). The average molecular weight is 323 g/mol. The van der Waals surface area contributed by atoms with Crippen molar-refractivity contribution in [3.8, 4) is 0 Å². The SMILES string of the molecule is CN1CCC(NC(=O)c2ccn[nH]2)C1c1ccc(Cl)c(F)c1. The summed E-state index contributed by atoms with van der Waals surface area (Å²) in [5.74, 6) is -0.657. The second kappa shape index (κ2) is 6.06. The maximum absolute atomic E-state index is 13.7. The molecule has 0 saturated carbocycles. The molecule has 1 aromatic carbocycles. The lowest BCUT2D eigenvalue weighted by Crippen LogP contribution is -2.39. The summed E-state index contributed by atoms with van der Waals surface area (Å²) < 4.78 is 13.7. The van der Waals surface area contributed by atoms with Crippen molar-refractivity contribution >= 4 is 17.5 Å². The summed E-state index contributed by atoms with van der Waals surface area (Å²) in [6, 6.07) is 6.22. The summed E-state index contributed by atoms with van der Waals surface area (Å²) in [6.07, 6.45) is 2.33. The lowest BCUT2D eigenvalue weighted by Gasteiger charge is -2.26. The molecule has 2 unspecified atom stereocenters. The van der Waals surface area contributed by atoms with Crippen LogP contribution in [-0.4, -0.2) is 40.6 Å². The summed E-state index contributed by atoms with van der Waals surface area (Å²) in [6.45, 7) is 0.822. The van der Waals surface area contributed by atoms with Gasteiger partial charge in [-0.25, -0.2) is 4.39 Å². The van der Waals surface area contributed by atoms with E-state index in [2.05, 4.69) is 20.4 Å². The van der Waals surface area contributed by atoms with E-state index in [1.54, 1.807) is 18.2 Å². The summed E-state index contributed by atoms with van der Waals surface area (Å²) in [5.41, 5.74) is 1.22. The number of aromatic nitrogens is 2. The fourth-order valence-electron chi connectivity index (χ4n) is 2.91. The number of H-pyrrole nitrogens is 1. The van der Waals surface area contributed by atoms with Gasteiger partial charge in [-0.1, -0.05) is 17.7 Å². The summed E-state index contributed by atoms with van der Waals surface area (Å²) >= 11 is 5.74. The van der Waals surface area contributed by atoms with Gasteiger partial charge in [0.2, 0.25) is 0 Å². The zero-order valence-electron chi connectivity index (χ0n) is 12.0. The van der Waals surface area contributed by atoms with E-state index in [-0.39, 0.29) is 23.0 Å². The van der Waals surface area contributed by atoms with Crippen molar-refractivity contribution in [1.29, 1.82) is 0 Å². The third-order valence-electron chi connectivity index (χ3n) is 4.00. The molecule has 1 aliphatic heterocycles. The van der Waals surface area contributed by atoms with Crippen LogP contribution in [0.25, 0.3) is 0 Å². The Morgan fingerprint density at radius 2 is 2.32 bits per heavy atom. The highest BCUT2D eigenvalue weighted by Gasteiger charge is 2.34. The highest BCUT2D eigenvalue weighted by atomic mass is 35.5. The lowest BCUT2D eigenvalue weighted by molar-refractivity contribution is 0.0922. The number of carbonyl (C=O) groups excluding carboxylic acids is 1. The average Bonchev–Trinajstić information content (AvgIpc) is 3.13. The van der Waals surface area contributed by atoms with Gasteiger partial charge < -0.3 is 5.32 Å². The van der Waals surface area contributed by atoms with Gasteiger partial charge in [-0.05, 0) is 37.2 Å².